The third kappa shape index (κ3) is 7.35. The molecule has 7 heteroatoms. The highest BCUT2D eigenvalue weighted by molar-refractivity contribution is 5.81. The van der Waals surface area contributed by atoms with Crippen molar-refractivity contribution in [3.63, 3.8) is 0 Å². The van der Waals surface area contributed by atoms with Crippen LogP contribution in [-0.4, -0.2) is 48.2 Å². The molecule has 0 saturated carbocycles. The summed E-state index contributed by atoms with van der Waals surface area (Å²) in [6.45, 7) is 10.0. The molecule has 1 aromatic rings. The SMILES string of the molecule is CCc1ccc([C@H](C)NC(=O)COC(=O)C2CCN(C(=O)OC(C)(C)C)CC2)cc1. The van der Waals surface area contributed by atoms with Crippen molar-refractivity contribution in [1.29, 1.82) is 0 Å². The second kappa shape index (κ2) is 10.5. The van der Waals surface area contributed by atoms with Crippen molar-refractivity contribution < 1.29 is 23.9 Å². The van der Waals surface area contributed by atoms with Gasteiger partial charge in [0.15, 0.2) is 6.61 Å². The van der Waals surface area contributed by atoms with Gasteiger partial charge in [0.05, 0.1) is 12.0 Å². The summed E-state index contributed by atoms with van der Waals surface area (Å²) < 4.78 is 10.6. The number of hydrogen-bond acceptors (Lipinski definition) is 5. The fraction of sp³-hybridized carbons (Fsp3) is 0.609. The molecule has 0 aliphatic carbocycles. The summed E-state index contributed by atoms with van der Waals surface area (Å²) in [5.41, 5.74) is 1.69. The van der Waals surface area contributed by atoms with E-state index >= 15 is 0 Å². The van der Waals surface area contributed by atoms with Crippen LogP contribution >= 0.6 is 0 Å². The topological polar surface area (TPSA) is 84.9 Å². The second-order valence-electron chi connectivity index (χ2n) is 8.73. The van der Waals surface area contributed by atoms with Gasteiger partial charge in [0.25, 0.3) is 5.91 Å². The van der Waals surface area contributed by atoms with Crippen LogP contribution in [0.5, 0.6) is 0 Å². The Balaban J connectivity index is 1.72. The van der Waals surface area contributed by atoms with Crippen LogP contribution < -0.4 is 5.32 Å². The number of hydrogen-bond donors (Lipinski definition) is 1. The number of nitrogens with zero attached hydrogens (tertiary/aromatic N) is 1. The first-order valence-corrected chi connectivity index (χ1v) is 10.6. The zero-order valence-electron chi connectivity index (χ0n) is 18.7. The van der Waals surface area contributed by atoms with Crippen LogP contribution in [-0.2, 0) is 25.5 Å². The molecule has 30 heavy (non-hydrogen) atoms. The lowest BCUT2D eigenvalue weighted by Gasteiger charge is -2.32. The first-order chi connectivity index (χ1) is 14.1. The molecule has 1 atom stereocenters. The third-order valence-electron chi connectivity index (χ3n) is 5.09. The largest absolute Gasteiger partial charge is 0.455 e. The molecule has 1 aliphatic rings. The predicted octanol–water partition coefficient (Wildman–Crippen LogP) is 3.62. The van der Waals surface area contributed by atoms with Crippen molar-refractivity contribution in [3.8, 4) is 0 Å². The Labute approximate surface area is 179 Å². The van der Waals surface area contributed by atoms with E-state index in [4.69, 9.17) is 9.47 Å². The average molecular weight is 419 g/mol. The van der Waals surface area contributed by atoms with Crippen molar-refractivity contribution in [3.05, 3.63) is 35.4 Å². The molecule has 0 spiro atoms. The van der Waals surface area contributed by atoms with Crippen LogP contribution in [0, 0.1) is 5.92 Å². The summed E-state index contributed by atoms with van der Waals surface area (Å²) in [6, 6.07) is 7.91. The summed E-state index contributed by atoms with van der Waals surface area (Å²) in [5, 5.41) is 2.85. The predicted molar refractivity (Wildman–Crippen MR) is 114 cm³/mol. The molecule has 2 rings (SSSR count). The van der Waals surface area contributed by atoms with E-state index in [1.165, 1.54) is 5.56 Å². The maximum atomic E-state index is 12.3. The highest BCUT2D eigenvalue weighted by Crippen LogP contribution is 2.21. The molecule has 0 unspecified atom stereocenters. The number of esters is 1. The monoisotopic (exact) mass is 418 g/mol. The van der Waals surface area contributed by atoms with Gasteiger partial charge in [-0.2, -0.15) is 0 Å². The quantitative estimate of drug-likeness (QED) is 0.713. The van der Waals surface area contributed by atoms with Crippen molar-refractivity contribution in [2.75, 3.05) is 19.7 Å². The Bertz CT molecular complexity index is 731. The number of benzene rings is 1. The van der Waals surface area contributed by atoms with Gasteiger partial charge in [0, 0.05) is 13.1 Å². The van der Waals surface area contributed by atoms with E-state index in [2.05, 4.69) is 12.2 Å². The Hall–Kier alpha value is -2.57. The Morgan fingerprint density at radius 2 is 1.73 bits per heavy atom. The molecular weight excluding hydrogens is 384 g/mol. The molecular formula is C23H34N2O5. The molecule has 166 valence electrons. The van der Waals surface area contributed by atoms with E-state index in [-0.39, 0.29) is 30.6 Å². The number of nitrogens with one attached hydrogen (secondary N) is 1. The van der Waals surface area contributed by atoms with E-state index in [9.17, 15) is 14.4 Å². The molecule has 1 saturated heterocycles. The van der Waals surface area contributed by atoms with Crippen molar-refractivity contribution >= 4 is 18.0 Å². The summed E-state index contributed by atoms with van der Waals surface area (Å²) >= 11 is 0. The van der Waals surface area contributed by atoms with Crippen LogP contribution in [0.15, 0.2) is 24.3 Å². The zero-order chi connectivity index (χ0) is 22.3. The molecule has 1 aromatic carbocycles. The van der Waals surface area contributed by atoms with Crippen molar-refractivity contribution in [2.45, 2.75) is 65.5 Å². The van der Waals surface area contributed by atoms with Gasteiger partial charge in [-0.1, -0.05) is 31.2 Å². The summed E-state index contributed by atoms with van der Waals surface area (Å²) in [5.74, 6) is -1.04. The average Bonchev–Trinajstić information content (AvgIpc) is 2.71. The van der Waals surface area contributed by atoms with Gasteiger partial charge in [-0.3, -0.25) is 9.59 Å². The van der Waals surface area contributed by atoms with E-state index in [1.54, 1.807) is 4.90 Å². The number of ether oxygens (including phenoxy) is 2. The fourth-order valence-corrected chi connectivity index (χ4v) is 3.29. The van der Waals surface area contributed by atoms with E-state index in [0.717, 1.165) is 12.0 Å². The van der Waals surface area contributed by atoms with Crippen LogP contribution in [0.4, 0.5) is 4.79 Å². The molecule has 2 amide bonds. The van der Waals surface area contributed by atoms with Gasteiger partial charge in [-0.25, -0.2) is 4.79 Å². The minimum Gasteiger partial charge on any atom is -0.455 e. The maximum Gasteiger partial charge on any atom is 0.410 e. The Morgan fingerprint density at radius 1 is 1.13 bits per heavy atom. The van der Waals surface area contributed by atoms with Gasteiger partial charge >= 0.3 is 12.1 Å². The maximum absolute atomic E-state index is 12.3. The number of likely N-dealkylation sites (tertiary alicyclic amines) is 1. The van der Waals surface area contributed by atoms with Gasteiger partial charge < -0.3 is 19.7 Å². The number of piperidine rings is 1. The highest BCUT2D eigenvalue weighted by atomic mass is 16.6. The lowest BCUT2D eigenvalue weighted by Crippen LogP contribution is -2.43. The van der Waals surface area contributed by atoms with Gasteiger partial charge in [0.2, 0.25) is 0 Å². The van der Waals surface area contributed by atoms with E-state index in [1.807, 2.05) is 52.0 Å². The van der Waals surface area contributed by atoms with Crippen LogP contribution in [0.1, 0.15) is 64.6 Å². The fourth-order valence-electron chi connectivity index (χ4n) is 3.29. The van der Waals surface area contributed by atoms with Crippen molar-refractivity contribution in [2.24, 2.45) is 5.92 Å². The van der Waals surface area contributed by atoms with Crippen molar-refractivity contribution in [1.82, 2.24) is 10.2 Å². The molecule has 1 aliphatic heterocycles. The highest BCUT2D eigenvalue weighted by Gasteiger charge is 2.31. The molecule has 7 nitrogen and oxygen atoms in total. The van der Waals surface area contributed by atoms with Gasteiger partial charge in [0.1, 0.15) is 5.60 Å². The summed E-state index contributed by atoms with van der Waals surface area (Å²) in [4.78, 5) is 38.2. The number of carbonyl (C=O) groups is 3. The number of amides is 2. The van der Waals surface area contributed by atoms with Crippen LogP contribution in [0.3, 0.4) is 0 Å². The smallest absolute Gasteiger partial charge is 0.410 e. The van der Waals surface area contributed by atoms with Crippen LogP contribution in [0.25, 0.3) is 0 Å². The number of carbonyl (C=O) groups excluding carboxylic acids is 3. The van der Waals surface area contributed by atoms with E-state index in [0.29, 0.717) is 25.9 Å². The van der Waals surface area contributed by atoms with Gasteiger partial charge in [-0.15, -0.1) is 0 Å². The molecule has 0 bridgehead atoms. The Kier molecular flexibility index (Phi) is 8.26. The minimum atomic E-state index is -0.546. The molecule has 1 N–H and O–H groups in total. The third-order valence-corrected chi connectivity index (χ3v) is 5.09. The molecule has 0 radical (unpaired) electrons. The van der Waals surface area contributed by atoms with E-state index < -0.39 is 11.6 Å². The first-order valence-electron chi connectivity index (χ1n) is 10.6. The lowest BCUT2D eigenvalue weighted by atomic mass is 9.97. The van der Waals surface area contributed by atoms with Crippen LogP contribution in [0.2, 0.25) is 0 Å². The summed E-state index contributed by atoms with van der Waals surface area (Å²) in [6.07, 6.45) is 1.60. The number of aryl methyl sites for hydroxylation is 1. The molecule has 0 aromatic heterocycles. The van der Waals surface area contributed by atoms with Gasteiger partial charge in [-0.05, 0) is 58.1 Å². The molecule has 1 fully saturated rings. The normalized spacial score (nSPS) is 16.0. The number of rotatable bonds is 6. The second-order valence-corrected chi connectivity index (χ2v) is 8.73. The zero-order valence-corrected chi connectivity index (χ0v) is 18.7. The molecule has 1 heterocycles. The first kappa shape index (κ1) is 23.7. The standard InChI is InChI=1S/C23H34N2O5/c1-6-17-7-9-18(10-8-17)16(2)24-20(26)15-29-21(27)19-11-13-25(14-12-19)22(28)30-23(3,4)5/h7-10,16,19H,6,11-15H2,1-5H3,(H,24,26)/t16-/m0/s1. The minimum absolute atomic E-state index is 0.167. The summed E-state index contributed by atoms with van der Waals surface area (Å²) in [7, 11) is 0. The lowest BCUT2D eigenvalue weighted by molar-refractivity contribution is -0.154. The Morgan fingerprint density at radius 3 is 2.27 bits per heavy atom.